The Morgan fingerprint density at radius 2 is 1.67 bits per heavy atom. The summed E-state index contributed by atoms with van der Waals surface area (Å²) in [7, 11) is 4.88. The average Bonchev–Trinajstić information content (AvgIpc) is 2.92. The molecule has 0 radical (unpaired) electrons. The van der Waals surface area contributed by atoms with Gasteiger partial charge in [0.05, 0.1) is 21.3 Å². The van der Waals surface area contributed by atoms with Crippen molar-refractivity contribution < 1.29 is 14.2 Å². The molecule has 114 valence electrons. The van der Waals surface area contributed by atoms with Gasteiger partial charge in [-0.15, -0.1) is 11.3 Å². The van der Waals surface area contributed by atoms with E-state index in [-0.39, 0.29) is 0 Å². The number of nitrogens with zero attached hydrogens (tertiary/aromatic N) is 1. The van der Waals surface area contributed by atoms with Gasteiger partial charge >= 0.3 is 0 Å². The first kappa shape index (κ1) is 15.6. The Hall–Kier alpha value is -1.79. The van der Waals surface area contributed by atoms with E-state index < -0.39 is 0 Å². The largest absolute Gasteiger partial charge is 0.496 e. The van der Waals surface area contributed by atoms with Crippen molar-refractivity contribution in [2.24, 2.45) is 0 Å². The van der Waals surface area contributed by atoms with Crippen molar-refractivity contribution in [1.82, 2.24) is 10.3 Å². The van der Waals surface area contributed by atoms with E-state index in [1.54, 1.807) is 32.7 Å². The van der Waals surface area contributed by atoms with Gasteiger partial charge in [-0.3, -0.25) is 0 Å². The maximum atomic E-state index is 5.41. The molecule has 0 unspecified atom stereocenters. The highest BCUT2D eigenvalue weighted by molar-refractivity contribution is 7.11. The first-order chi connectivity index (χ1) is 10.2. The van der Waals surface area contributed by atoms with Gasteiger partial charge in [-0.05, 0) is 13.0 Å². The van der Waals surface area contributed by atoms with E-state index in [0.717, 1.165) is 22.9 Å². The molecule has 0 atom stereocenters. The molecule has 1 aromatic heterocycles. The Kier molecular flexibility index (Phi) is 5.41. The summed E-state index contributed by atoms with van der Waals surface area (Å²) in [4.78, 5) is 5.55. The van der Waals surface area contributed by atoms with E-state index in [9.17, 15) is 0 Å². The third-order valence-electron chi connectivity index (χ3n) is 3.05. The van der Waals surface area contributed by atoms with E-state index in [4.69, 9.17) is 14.2 Å². The molecule has 1 heterocycles. The molecule has 2 aromatic rings. The fourth-order valence-electron chi connectivity index (χ4n) is 2.02. The second-order valence-corrected chi connectivity index (χ2v) is 5.81. The van der Waals surface area contributed by atoms with Crippen LogP contribution in [0, 0.1) is 6.92 Å². The molecule has 0 aliphatic heterocycles. The third kappa shape index (κ3) is 3.86. The maximum Gasteiger partial charge on any atom is 0.164 e. The molecule has 0 saturated heterocycles. The van der Waals surface area contributed by atoms with Crippen LogP contribution in [0.4, 0.5) is 0 Å². The molecule has 0 amide bonds. The molecule has 0 spiro atoms. The summed E-state index contributed by atoms with van der Waals surface area (Å²) in [6.45, 7) is 3.46. The highest BCUT2D eigenvalue weighted by atomic mass is 32.1. The van der Waals surface area contributed by atoms with Crippen molar-refractivity contribution in [2.75, 3.05) is 21.3 Å². The van der Waals surface area contributed by atoms with Gasteiger partial charge in [0.15, 0.2) is 11.5 Å². The number of benzene rings is 1. The van der Waals surface area contributed by atoms with E-state index in [0.29, 0.717) is 18.0 Å². The van der Waals surface area contributed by atoms with Gasteiger partial charge in [0.25, 0.3) is 0 Å². The summed E-state index contributed by atoms with van der Waals surface area (Å²) in [5.41, 5.74) is 1.02. The van der Waals surface area contributed by atoms with Crippen LogP contribution in [0.3, 0.4) is 0 Å². The molecule has 21 heavy (non-hydrogen) atoms. The maximum absolute atomic E-state index is 5.41. The zero-order chi connectivity index (χ0) is 15.2. The van der Waals surface area contributed by atoms with Crippen molar-refractivity contribution in [3.8, 4) is 17.2 Å². The van der Waals surface area contributed by atoms with Crippen LogP contribution in [0.25, 0.3) is 0 Å². The normalized spacial score (nSPS) is 10.5. The zero-order valence-electron chi connectivity index (χ0n) is 12.7. The summed E-state index contributed by atoms with van der Waals surface area (Å²) in [5, 5.41) is 4.44. The number of aromatic nitrogens is 1. The van der Waals surface area contributed by atoms with Crippen molar-refractivity contribution in [2.45, 2.75) is 20.0 Å². The first-order valence-electron chi connectivity index (χ1n) is 6.58. The molecule has 5 nitrogen and oxygen atoms in total. The van der Waals surface area contributed by atoms with Gasteiger partial charge in [-0.25, -0.2) is 4.98 Å². The average molecular weight is 308 g/mol. The molecule has 1 N–H and O–H groups in total. The van der Waals surface area contributed by atoms with Crippen LogP contribution >= 0.6 is 11.3 Å². The number of methoxy groups -OCH3 is 3. The Labute approximate surface area is 128 Å². The van der Waals surface area contributed by atoms with Crippen LogP contribution in [0.1, 0.15) is 15.4 Å². The highest BCUT2D eigenvalue weighted by Crippen LogP contribution is 2.34. The fraction of sp³-hybridized carbons (Fsp3) is 0.400. The summed E-state index contributed by atoms with van der Waals surface area (Å²) < 4.78 is 16.0. The number of aryl methyl sites for hydroxylation is 1. The minimum atomic E-state index is 0.661. The number of ether oxygens (including phenoxy) is 3. The highest BCUT2D eigenvalue weighted by Gasteiger charge is 2.11. The van der Waals surface area contributed by atoms with Crippen LogP contribution in [0.2, 0.25) is 0 Å². The van der Waals surface area contributed by atoms with E-state index in [2.05, 4.69) is 17.2 Å². The number of hydrogen-bond donors (Lipinski definition) is 1. The van der Waals surface area contributed by atoms with E-state index in [1.165, 1.54) is 4.88 Å². The lowest BCUT2D eigenvalue weighted by molar-refractivity contribution is 0.347. The smallest absolute Gasteiger partial charge is 0.164 e. The third-order valence-corrected chi connectivity index (χ3v) is 3.96. The first-order valence-corrected chi connectivity index (χ1v) is 7.40. The van der Waals surface area contributed by atoms with Crippen LogP contribution < -0.4 is 19.5 Å². The predicted octanol–water partition coefficient (Wildman–Crippen LogP) is 2.77. The van der Waals surface area contributed by atoms with Crippen LogP contribution in [0.15, 0.2) is 18.3 Å². The van der Waals surface area contributed by atoms with Crippen molar-refractivity contribution in [3.05, 3.63) is 33.8 Å². The van der Waals surface area contributed by atoms with Crippen LogP contribution in [0.5, 0.6) is 17.2 Å². The SMILES string of the molecule is COc1cc(OC)c(OC)cc1CNCc1ncc(C)s1. The molecular formula is C15H20N2O3S. The Morgan fingerprint density at radius 3 is 2.24 bits per heavy atom. The monoisotopic (exact) mass is 308 g/mol. The Morgan fingerprint density at radius 1 is 1.00 bits per heavy atom. The molecule has 6 heteroatoms. The molecule has 0 saturated carbocycles. The Balaban J connectivity index is 2.07. The number of thiazole rings is 1. The van der Waals surface area contributed by atoms with Crippen LogP contribution in [-0.4, -0.2) is 26.3 Å². The van der Waals surface area contributed by atoms with Gasteiger partial charge in [0, 0.05) is 35.8 Å². The topological polar surface area (TPSA) is 52.6 Å². The second kappa shape index (κ2) is 7.28. The lowest BCUT2D eigenvalue weighted by Crippen LogP contribution is -2.13. The number of nitrogens with one attached hydrogen (secondary N) is 1. The summed E-state index contributed by atoms with van der Waals surface area (Å²) in [6.07, 6.45) is 1.89. The van der Waals surface area contributed by atoms with E-state index >= 15 is 0 Å². The quantitative estimate of drug-likeness (QED) is 0.852. The molecule has 0 fully saturated rings. The van der Waals surface area contributed by atoms with Crippen molar-refractivity contribution in [1.29, 1.82) is 0 Å². The predicted molar refractivity (Wildman–Crippen MR) is 83.5 cm³/mol. The minimum Gasteiger partial charge on any atom is -0.496 e. The standard InChI is InChI=1S/C15H20N2O3S/c1-10-7-17-15(21-10)9-16-8-11-5-13(19-3)14(20-4)6-12(11)18-2/h5-7,16H,8-9H2,1-4H3. The number of rotatable bonds is 7. The van der Waals surface area contributed by atoms with Gasteiger partial charge in [-0.2, -0.15) is 0 Å². The number of hydrogen-bond acceptors (Lipinski definition) is 6. The second-order valence-electron chi connectivity index (χ2n) is 4.49. The molecule has 0 aliphatic rings. The van der Waals surface area contributed by atoms with Gasteiger partial charge in [0.1, 0.15) is 10.8 Å². The molecule has 0 aliphatic carbocycles. The van der Waals surface area contributed by atoms with Crippen molar-refractivity contribution in [3.63, 3.8) is 0 Å². The van der Waals surface area contributed by atoms with E-state index in [1.807, 2.05) is 18.3 Å². The molecule has 1 aromatic carbocycles. The zero-order valence-corrected chi connectivity index (χ0v) is 13.5. The Bertz CT molecular complexity index is 599. The molecule has 2 rings (SSSR count). The van der Waals surface area contributed by atoms with Gasteiger partial charge in [0.2, 0.25) is 0 Å². The lowest BCUT2D eigenvalue weighted by atomic mass is 10.1. The van der Waals surface area contributed by atoms with Crippen LogP contribution in [-0.2, 0) is 13.1 Å². The molecular weight excluding hydrogens is 288 g/mol. The summed E-state index contributed by atoms with van der Waals surface area (Å²) >= 11 is 1.70. The van der Waals surface area contributed by atoms with Gasteiger partial charge < -0.3 is 19.5 Å². The lowest BCUT2D eigenvalue weighted by Gasteiger charge is -2.14. The van der Waals surface area contributed by atoms with Gasteiger partial charge in [-0.1, -0.05) is 0 Å². The summed E-state index contributed by atoms with van der Waals surface area (Å²) in [5.74, 6) is 2.13. The molecule has 0 bridgehead atoms. The van der Waals surface area contributed by atoms with Crippen molar-refractivity contribution >= 4 is 11.3 Å². The summed E-state index contributed by atoms with van der Waals surface area (Å²) in [6, 6.07) is 3.77. The minimum absolute atomic E-state index is 0.661. The fourth-order valence-corrected chi connectivity index (χ4v) is 2.77.